The number of aryl methyl sites for hydroxylation is 1. The number of hydrogen-bond acceptors (Lipinski definition) is 3. The number of urea groups is 1. The van der Waals surface area contributed by atoms with Gasteiger partial charge in [0.15, 0.2) is 0 Å². The second-order valence-corrected chi connectivity index (χ2v) is 6.80. The van der Waals surface area contributed by atoms with E-state index in [4.69, 9.17) is 0 Å². The van der Waals surface area contributed by atoms with E-state index in [1.165, 1.54) is 10.5 Å². The van der Waals surface area contributed by atoms with Crippen LogP contribution in [-0.4, -0.2) is 36.1 Å². The van der Waals surface area contributed by atoms with E-state index in [0.717, 1.165) is 25.0 Å². The first-order valence-corrected chi connectivity index (χ1v) is 8.51. The first-order chi connectivity index (χ1) is 10.1. The molecule has 1 aliphatic carbocycles. The van der Waals surface area contributed by atoms with E-state index in [1.54, 1.807) is 11.8 Å². The molecule has 0 aliphatic heterocycles. The van der Waals surface area contributed by atoms with Gasteiger partial charge in [0.2, 0.25) is 0 Å². The molecule has 4 nitrogen and oxygen atoms in total. The van der Waals surface area contributed by atoms with Gasteiger partial charge in [-0.15, -0.1) is 11.8 Å². The molecular formula is C16H24N2O2S. The number of benzene rings is 1. The third kappa shape index (κ3) is 5.98. The maximum absolute atomic E-state index is 11.6. The molecule has 0 bridgehead atoms. The molecule has 1 fully saturated rings. The summed E-state index contributed by atoms with van der Waals surface area (Å²) < 4.78 is 0. The number of nitrogens with one attached hydrogen (secondary N) is 2. The normalized spacial score (nSPS) is 21.2. The molecule has 0 heterocycles. The number of amides is 2. The Bertz CT molecular complexity index is 450. The van der Waals surface area contributed by atoms with Crippen LogP contribution in [0.25, 0.3) is 0 Å². The molecule has 2 rings (SSSR count). The van der Waals surface area contributed by atoms with Crippen LogP contribution in [0.1, 0.15) is 24.8 Å². The molecule has 0 radical (unpaired) electrons. The topological polar surface area (TPSA) is 61.4 Å². The Balaban J connectivity index is 1.54. The van der Waals surface area contributed by atoms with Gasteiger partial charge in [0.05, 0.1) is 6.10 Å². The van der Waals surface area contributed by atoms with Gasteiger partial charge in [-0.2, -0.15) is 0 Å². The van der Waals surface area contributed by atoms with Crippen LogP contribution >= 0.6 is 11.8 Å². The van der Waals surface area contributed by atoms with Crippen LogP contribution in [0, 0.1) is 12.8 Å². The highest BCUT2D eigenvalue weighted by Crippen LogP contribution is 2.24. The number of hydrogen-bond donors (Lipinski definition) is 3. The summed E-state index contributed by atoms with van der Waals surface area (Å²) in [6.07, 6.45) is 2.50. The molecular weight excluding hydrogens is 284 g/mol. The second kappa shape index (κ2) is 8.29. The molecule has 3 N–H and O–H groups in total. The van der Waals surface area contributed by atoms with Crippen molar-refractivity contribution in [2.75, 3.05) is 18.8 Å². The Labute approximate surface area is 130 Å². The lowest BCUT2D eigenvalue weighted by Crippen LogP contribution is -2.38. The van der Waals surface area contributed by atoms with Crippen LogP contribution in [0.15, 0.2) is 29.2 Å². The van der Waals surface area contributed by atoms with E-state index in [1.807, 2.05) is 0 Å². The van der Waals surface area contributed by atoms with Crippen LogP contribution in [0.4, 0.5) is 4.79 Å². The molecule has 1 saturated carbocycles. The Morgan fingerprint density at radius 3 is 2.71 bits per heavy atom. The average Bonchev–Trinajstić information content (AvgIpc) is 2.89. The lowest BCUT2D eigenvalue weighted by Gasteiger charge is -2.11. The van der Waals surface area contributed by atoms with Crippen LogP contribution in [0.3, 0.4) is 0 Å². The first kappa shape index (κ1) is 16.2. The van der Waals surface area contributed by atoms with Crippen LogP contribution in [0.5, 0.6) is 0 Å². The first-order valence-electron chi connectivity index (χ1n) is 7.52. The van der Waals surface area contributed by atoms with Gasteiger partial charge in [0.1, 0.15) is 0 Å². The standard InChI is InChI=1S/C16H24N2O2S/c1-12-2-6-15(7-3-12)21-9-8-17-16(20)18-11-13-4-5-14(19)10-13/h2-3,6-7,13-14,19H,4-5,8-11H2,1H3,(H2,17,18,20)/t13-,14+/m0/s1. The number of aliphatic hydroxyl groups excluding tert-OH is 1. The number of carbonyl (C=O) groups is 1. The lowest BCUT2D eigenvalue weighted by molar-refractivity contribution is 0.177. The molecule has 2 atom stereocenters. The van der Waals surface area contributed by atoms with Crippen molar-refractivity contribution < 1.29 is 9.90 Å². The van der Waals surface area contributed by atoms with Crippen molar-refractivity contribution >= 4 is 17.8 Å². The number of thioether (sulfide) groups is 1. The lowest BCUT2D eigenvalue weighted by atomic mass is 10.1. The maximum Gasteiger partial charge on any atom is 0.314 e. The zero-order chi connectivity index (χ0) is 15.1. The van der Waals surface area contributed by atoms with Crippen LogP contribution in [-0.2, 0) is 0 Å². The predicted molar refractivity (Wildman–Crippen MR) is 86.7 cm³/mol. The van der Waals surface area contributed by atoms with Crippen molar-refractivity contribution in [3.8, 4) is 0 Å². The minimum atomic E-state index is -0.175. The number of rotatable bonds is 6. The fourth-order valence-corrected chi connectivity index (χ4v) is 3.27. The summed E-state index contributed by atoms with van der Waals surface area (Å²) in [5.74, 6) is 1.28. The average molecular weight is 308 g/mol. The highest BCUT2D eigenvalue weighted by Gasteiger charge is 2.22. The molecule has 1 aliphatic rings. The van der Waals surface area contributed by atoms with Gasteiger partial charge in [-0.3, -0.25) is 0 Å². The molecule has 2 amide bonds. The molecule has 0 unspecified atom stereocenters. The van der Waals surface area contributed by atoms with Crippen molar-refractivity contribution in [2.24, 2.45) is 5.92 Å². The molecule has 21 heavy (non-hydrogen) atoms. The van der Waals surface area contributed by atoms with Crippen LogP contribution in [0.2, 0.25) is 0 Å². The quantitative estimate of drug-likeness (QED) is 0.559. The van der Waals surface area contributed by atoms with Gasteiger partial charge in [-0.1, -0.05) is 17.7 Å². The molecule has 1 aromatic rings. The van der Waals surface area contributed by atoms with E-state index in [0.29, 0.717) is 19.0 Å². The van der Waals surface area contributed by atoms with Crippen molar-refractivity contribution in [1.29, 1.82) is 0 Å². The fourth-order valence-electron chi connectivity index (χ4n) is 2.50. The Morgan fingerprint density at radius 2 is 2.05 bits per heavy atom. The minimum absolute atomic E-state index is 0.110. The summed E-state index contributed by atoms with van der Waals surface area (Å²) in [6.45, 7) is 3.38. The van der Waals surface area contributed by atoms with Gasteiger partial charge in [-0.25, -0.2) is 4.79 Å². The smallest absolute Gasteiger partial charge is 0.314 e. The van der Waals surface area contributed by atoms with E-state index >= 15 is 0 Å². The summed E-state index contributed by atoms with van der Waals surface area (Å²) in [5, 5.41) is 15.2. The van der Waals surface area contributed by atoms with Crippen molar-refractivity contribution in [2.45, 2.75) is 37.2 Å². The SMILES string of the molecule is Cc1ccc(SCCNC(=O)NC[C@H]2CC[C@@H](O)C2)cc1. The zero-order valence-electron chi connectivity index (χ0n) is 12.5. The van der Waals surface area contributed by atoms with Gasteiger partial charge < -0.3 is 15.7 Å². The Morgan fingerprint density at radius 1 is 1.29 bits per heavy atom. The number of carbonyl (C=O) groups excluding carboxylic acids is 1. The van der Waals surface area contributed by atoms with E-state index in [9.17, 15) is 9.90 Å². The van der Waals surface area contributed by atoms with E-state index < -0.39 is 0 Å². The van der Waals surface area contributed by atoms with Crippen molar-refractivity contribution in [3.63, 3.8) is 0 Å². The Hall–Kier alpha value is -1.20. The summed E-state index contributed by atoms with van der Waals surface area (Å²) >= 11 is 1.74. The van der Waals surface area contributed by atoms with Crippen LogP contribution < -0.4 is 10.6 Å². The fraction of sp³-hybridized carbons (Fsp3) is 0.562. The summed E-state index contributed by atoms with van der Waals surface area (Å²) in [7, 11) is 0. The largest absolute Gasteiger partial charge is 0.393 e. The van der Waals surface area contributed by atoms with Crippen molar-refractivity contribution in [1.82, 2.24) is 10.6 Å². The molecule has 0 saturated heterocycles. The molecule has 0 aromatic heterocycles. The summed E-state index contributed by atoms with van der Waals surface area (Å²) in [5.41, 5.74) is 1.26. The monoisotopic (exact) mass is 308 g/mol. The molecule has 5 heteroatoms. The summed E-state index contributed by atoms with van der Waals surface area (Å²) in [4.78, 5) is 12.9. The third-order valence-electron chi connectivity index (χ3n) is 3.74. The van der Waals surface area contributed by atoms with Gasteiger partial charge in [0, 0.05) is 23.7 Å². The van der Waals surface area contributed by atoms with Gasteiger partial charge in [-0.05, 0) is 44.2 Å². The zero-order valence-corrected chi connectivity index (χ0v) is 13.3. The minimum Gasteiger partial charge on any atom is -0.393 e. The maximum atomic E-state index is 11.6. The third-order valence-corrected chi connectivity index (χ3v) is 4.76. The summed E-state index contributed by atoms with van der Waals surface area (Å²) in [6, 6.07) is 8.29. The highest BCUT2D eigenvalue weighted by atomic mass is 32.2. The molecule has 0 spiro atoms. The molecule has 1 aromatic carbocycles. The molecule has 116 valence electrons. The van der Waals surface area contributed by atoms with E-state index in [-0.39, 0.29) is 12.1 Å². The predicted octanol–water partition coefficient (Wildman–Crippen LogP) is 2.55. The highest BCUT2D eigenvalue weighted by molar-refractivity contribution is 7.99. The van der Waals surface area contributed by atoms with Crippen molar-refractivity contribution in [3.05, 3.63) is 29.8 Å². The van der Waals surface area contributed by atoms with E-state index in [2.05, 4.69) is 41.8 Å². The Kier molecular flexibility index (Phi) is 6.39. The van der Waals surface area contributed by atoms with Gasteiger partial charge in [0.25, 0.3) is 0 Å². The number of aliphatic hydroxyl groups is 1. The second-order valence-electron chi connectivity index (χ2n) is 5.63. The van der Waals surface area contributed by atoms with Gasteiger partial charge >= 0.3 is 6.03 Å².